The first-order valence-electron chi connectivity index (χ1n) is 7.91. The first-order chi connectivity index (χ1) is 12.2. The zero-order valence-electron chi connectivity index (χ0n) is 13.7. The van der Waals surface area contributed by atoms with Gasteiger partial charge in [-0.3, -0.25) is 10.1 Å². The van der Waals surface area contributed by atoms with Gasteiger partial charge in [0.1, 0.15) is 5.75 Å². The number of aromatic nitrogens is 2. The molecule has 0 fully saturated rings. The van der Waals surface area contributed by atoms with Crippen molar-refractivity contribution in [1.82, 2.24) is 10.1 Å². The van der Waals surface area contributed by atoms with Crippen LogP contribution in [0.25, 0.3) is 0 Å². The molecule has 0 bridgehead atoms. The maximum Gasteiger partial charge on any atom is 0.269 e. The van der Waals surface area contributed by atoms with E-state index in [-0.39, 0.29) is 12.3 Å². The van der Waals surface area contributed by atoms with E-state index >= 15 is 0 Å². The van der Waals surface area contributed by atoms with Crippen LogP contribution < -0.4 is 4.74 Å². The summed E-state index contributed by atoms with van der Waals surface area (Å²) in [5.74, 6) is 1.55. The second-order valence-corrected chi connectivity index (χ2v) is 5.46. The molecule has 0 radical (unpaired) electrons. The SMILES string of the molecule is CCc1noc(COc2ccc([N+](=O)[O-])cc2Cc2ccccc2)n1. The minimum Gasteiger partial charge on any atom is -0.483 e. The predicted molar refractivity (Wildman–Crippen MR) is 90.4 cm³/mol. The molecule has 3 aromatic rings. The van der Waals surface area contributed by atoms with Gasteiger partial charge in [-0.1, -0.05) is 42.4 Å². The van der Waals surface area contributed by atoms with Gasteiger partial charge in [0, 0.05) is 30.5 Å². The molecule has 7 heteroatoms. The van der Waals surface area contributed by atoms with E-state index in [4.69, 9.17) is 9.26 Å². The summed E-state index contributed by atoms with van der Waals surface area (Å²) in [5, 5.41) is 14.9. The highest BCUT2D eigenvalue weighted by atomic mass is 16.6. The average Bonchev–Trinajstić information content (AvgIpc) is 3.09. The quantitative estimate of drug-likeness (QED) is 0.481. The Bertz CT molecular complexity index is 862. The van der Waals surface area contributed by atoms with E-state index in [9.17, 15) is 10.1 Å². The van der Waals surface area contributed by atoms with Crippen LogP contribution in [-0.2, 0) is 19.4 Å². The number of nitro benzene ring substituents is 1. The molecule has 0 amide bonds. The molecule has 7 nitrogen and oxygen atoms in total. The normalized spacial score (nSPS) is 10.6. The summed E-state index contributed by atoms with van der Waals surface area (Å²) in [6.45, 7) is 2.05. The standard InChI is InChI=1S/C18H17N3O4/c1-2-17-19-18(25-20-17)12-24-16-9-8-15(21(22)23)11-14(16)10-13-6-4-3-5-7-13/h3-9,11H,2,10,12H2,1H3. The second kappa shape index (κ2) is 7.57. The van der Waals surface area contributed by atoms with Crippen molar-refractivity contribution in [3.05, 3.63) is 81.5 Å². The summed E-state index contributed by atoms with van der Waals surface area (Å²) in [5.41, 5.74) is 1.80. The van der Waals surface area contributed by atoms with Crippen LogP contribution >= 0.6 is 0 Å². The van der Waals surface area contributed by atoms with E-state index in [0.29, 0.717) is 30.3 Å². The third-order valence-corrected chi connectivity index (χ3v) is 3.67. The zero-order chi connectivity index (χ0) is 17.6. The lowest BCUT2D eigenvalue weighted by Crippen LogP contribution is -2.01. The first kappa shape index (κ1) is 16.6. The summed E-state index contributed by atoms with van der Waals surface area (Å²) in [7, 11) is 0. The largest absolute Gasteiger partial charge is 0.483 e. The van der Waals surface area contributed by atoms with Crippen molar-refractivity contribution < 1.29 is 14.2 Å². The van der Waals surface area contributed by atoms with Gasteiger partial charge in [-0.05, 0) is 11.6 Å². The topological polar surface area (TPSA) is 91.3 Å². The van der Waals surface area contributed by atoms with E-state index in [1.54, 1.807) is 6.07 Å². The van der Waals surface area contributed by atoms with Gasteiger partial charge in [0.2, 0.25) is 0 Å². The van der Waals surface area contributed by atoms with Gasteiger partial charge < -0.3 is 9.26 Å². The van der Waals surface area contributed by atoms with Crippen molar-refractivity contribution >= 4 is 5.69 Å². The van der Waals surface area contributed by atoms with Crippen LogP contribution in [0.2, 0.25) is 0 Å². The molecule has 3 rings (SSSR count). The Morgan fingerprint density at radius 3 is 2.68 bits per heavy atom. The molecule has 0 aliphatic heterocycles. The van der Waals surface area contributed by atoms with Crippen LogP contribution in [0.4, 0.5) is 5.69 Å². The lowest BCUT2D eigenvalue weighted by Gasteiger charge is -2.10. The molecule has 2 aromatic carbocycles. The highest BCUT2D eigenvalue weighted by Gasteiger charge is 2.14. The van der Waals surface area contributed by atoms with Crippen molar-refractivity contribution in [3.63, 3.8) is 0 Å². The van der Waals surface area contributed by atoms with Gasteiger partial charge in [0.25, 0.3) is 11.6 Å². The molecule has 25 heavy (non-hydrogen) atoms. The molecule has 1 heterocycles. The fourth-order valence-electron chi connectivity index (χ4n) is 2.41. The predicted octanol–water partition coefficient (Wildman–Crippen LogP) is 3.71. The van der Waals surface area contributed by atoms with Crippen molar-refractivity contribution in [2.75, 3.05) is 0 Å². The fourth-order valence-corrected chi connectivity index (χ4v) is 2.41. The van der Waals surface area contributed by atoms with Crippen LogP contribution in [0.15, 0.2) is 53.1 Å². The number of nitrogens with zero attached hydrogens (tertiary/aromatic N) is 3. The molecule has 0 unspecified atom stereocenters. The van der Waals surface area contributed by atoms with Crippen LogP contribution in [0.1, 0.15) is 29.8 Å². The summed E-state index contributed by atoms with van der Waals surface area (Å²) in [6.07, 6.45) is 1.21. The van der Waals surface area contributed by atoms with Crippen LogP contribution in [0, 0.1) is 10.1 Å². The number of benzene rings is 2. The lowest BCUT2D eigenvalue weighted by atomic mass is 10.0. The van der Waals surface area contributed by atoms with E-state index in [0.717, 1.165) is 11.1 Å². The summed E-state index contributed by atoms with van der Waals surface area (Å²) in [6, 6.07) is 14.3. The van der Waals surface area contributed by atoms with E-state index in [2.05, 4.69) is 10.1 Å². The lowest BCUT2D eigenvalue weighted by molar-refractivity contribution is -0.384. The number of nitro groups is 1. The van der Waals surface area contributed by atoms with Gasteiger partial charge in [-0.25, -0.2) is 0 Å². The molecule has 0 N–H and O–H groups in total. The van der Waals surface area contributed by atoms with Gasteiger partial charge in [-0.2, -0.15) is 4.98 Å². The highest BCUT2D eigenvalue weighted by Crippen LogP contribution is 2.27. The Morgan fingerprint density at radius 2 is 2.00 bits per heavy atom. The smallest absolute Gasteiger partial charge is 0.269 e. The maximum absolute atomic E-state index is 11.1. The van der Waals surface area contributed by atoms with E-state index in [1.165, 1.54) is 12.1 Å². The first-order valence-corrected chi connectivity index (χ1v) is 7.91. The average molecular weight is 339 g/mol. The van der Waals surface area contributed by atoms with Crippen LogP contribution in [0.3, 0.4) is 0 Å². The minimum atomic E-state index is -0.413. The third kappa shape index (κ3) is 4.20. The molecule has 0 spiro atoms. The Morgan fingerprint density at radius 1 is 1.20 bits per heavy atom. The molecular formula is C18H17N3O4. The van der Waals surface area contributed by atoms with Gasteiger partial charge in [0.05, 0.1) is 4.92 Å². The van der Waals surface area contributed by atoms with Gasteiger partial charge in [0.15, 0.2) is 12.4 Å². The molecule has 128 valence electrons. The van der Waals surface area contributed by atoms with E-state index in [1.807, 2.05) is 37.3 Å². The molecule has 0 atom stereocenters. The number of aryl methyl sites for hydroxylation is 1. The Labute approximate surface area is 144 Å². The number of hydrogen-bond acceptors (Lipinski definition) is 6. The van der Waals surface area contributed by atoms with Crippen LogP contribution in [-0.4, -0.2) is 15.1 Å². The molecule has 0 saturated carbocycles. The van der Waals surface area contributed by atoms with Crippen LogP contribution in [0.5, 0.6) is 5.75 Å². The number of rotatable bonds is 7. The molecular weight excluding hydrogens is 322 g/mol. The van der Waals surface area contributed by atoms with Gasteiger partial charge >= 0.3 is 0 Å². The molecule has 0 aliphatic carbocycles. The fraction of sp³-hybridized carbons (Fsp3) is 0.222. The molecule has 0 aliphatic rings. The summed E-state index contributed by atoms with van der Waals surface area (Å²) >= 11 is 0. The zero-order valence-corrected chi connectivity index (χ0v) is 13.7. The number of non-ortho nitro benzene ring substituents is 1. The second-order valence-electron chi connectivity index (χ2n) is 5.46. The number of hydrogen-bond donors (Lipinski definition) is 0. The summed E-state index contributed by atoms with van der Waals surface area (Å²) in [4.78, 5) is 14.8. The van der Waals surface area contributed by atoms with E-state index < -0.39 is 4.92 Å². The molecule has 1 aromatic heterocycles. The summed E-state index contributed by atoms with van der Waals surface area (Å²) < 4.78 is 10.9. The third-order valence-electron chi connectivity index (χ3n) is 3.67. The van der Waals surface area contributed by atoms with Crippen molar-refractivity contribution in [3.8, 4) is 5.75 Å². The van der Waals surface area contributed by atoms with Gasteiger partial charge in [-0.15, -0.1) is 0 Å². The van der Waals surface area contributed by atoms with Crippen molar-refractivity contribution in [2.45, 2.75) is 26.4 Å². The highest BCUT2D eigenvalue weighted by molar-refractivity contribution is 5.46. The number of ether oxygens (including phenoxy) is 1. The van der Waals surface area contributed by atoms with Crippen molar-refractivity contribution in [2.24, 2.45) is 0 Å². The Balaban J connectivity index is 1.82. The Kier molecular flexibility index (Phi) is 5.03. The minimum absolute atomic E-state index is 0.0318. The molecule has 0 saturated heterocycles. The van der Waals surface area contributed by atoms with Crippen molar-refractivity contribution in [1.29, 1.82) is 0 Å². The maximum atomic E-state index is 11.1. The Hall–Kier alpha value is -3.22. The monoisotopic (exact) mass is 339 g/mol.